The summed E-state index contributed by atoms with van der Waals surface area (Å²) < 4.78 is 5.42. The molecule has 22 heavy (non-hydrogen) atoms. The lowest BCUT2D eigenvalue weighted by Crippen LogP contribution is -2.46. The van der Waals surface area contributed by atoms with Gasteiger partial charge in [0.05, 0.1) is 12.2 Å². The molecular formula is C17H28N2O3. The number of benzene rings is 1. The van der Waals surface area contributed by atoms with Crippen molar-refractivity contribution in [1.29, 1.82) is 0 Å². The number of carbonyl (C=O) groups is 1. The molecule has 0 aromatic heterocycles. The zero-order valence-corrected chi connectivity index (χ0v) is 14.2. The van der Waals surface area contributed by atoms with Crippen LogP contribution in [0.4, 0.5) is 10.5 Å². The van der Waals surface area contributed by atoms with E-state index in [-0.39, 0.29) is 18.5 Å². The first-order chi connectivity index (χ1) is 10.3. The second-order valence-corrected chi connectivity index (χ2v) is 5.88. The van der Waals surface area contributed by atoms with Crippen LogP contribution in [-0.4, -0.2) is 29.9 Å². The monoisotopic (exact) mass is 308 g/mol. The number of hydrogen-bond acceptors (Lipinski definition) is 3. The van der Waals surface area contributed by atoms with Gasteiger partial charge in [0.1, 0.15) is 5.75 Å². The summed E-state index contributed by atoms with van der Waals surface area (Å²) in [6, 6.07) is 5.19. The fourth-order valence-electron chi connectivity index (χ4n) is 2.07. The van der Waals surface area contributed by atoms with Crippen LogP contribution in [0.3, 0.4) is 0 Å². The molecule has 0 fully saturated rings. The van der Waals surface area contributed by atoms with Crippen molar-refractivity contribution in [1.82, 2.24) is 5.32 Å². The summed E-state index contributed by atoms with van der Waals surface area (Å²) in [5.41, 5.74) is 0.735. The van der Waals surface area contributed by atoms with Gasteiger partial charge in [-0.2, -0.15) is 0 Å². The summed E-state index contributed by atoms with van der Waals surface area (Å²) in [4.78, 5) is 12.0. The fraction of sp³-hybridized carbons (Fsp3) is 0.588. The normalized spacial score (nSPS) is 14.8. The predicted octanol–water partition coefficient (Wildman–Crippen LogP) is 3.31. The van der Waals surface area contributed by atoms with Gasteiger partial charge in [0.15, 0.2) is 0 Å². The zero-order valence-electron chi connectivity index (χ0n) is 14.2. The summed E-state index contributed by atoms with van der Waals surface area (Å²) in [6.45, 7) is 10.4. The van der Waals surface area contributed by atoms with Gasteiger partial charge in [0, 0.05) is 12.2 Å². The predicted molar refractivity (Wildman–Crippen MR) is 89.4 cm³/mol. The SMILES string of the molecule is CCOc1ccc(NC(=O)NCC(C)(O)C(C)CC)c(C)c1. The Hall–Kier alpha value is -1.75. The highest BCUT2D eigenvalue weighted by Gasteiger charge is 2.27. The van der Waals surface area contributed by atoms with E-state index in [1.165, 1.54) is 0 Å². The van der Waals surface area contributed by atoms with Crippen molar-refractivity contribution in [2.45, 2.75) is 46.6 Å². The van der Waals surface area contributed by atoms with E-state index in [1.54, 1.807) is 6.92 Å². The molecule has 0 radical (unpaired) electrons. The van der Waals surface area contributed by atoms with Crippen LogP contribution in [0.25, 0.3) is 0 Å². The number of aryl methyl sites for hydroxylation is 1. The van der Waals surface area contributed by atoms with Crippen molar-refractivity contribution in [2.24, 2.45) is 5.92 Å². The Bertz CT molecular complexity index is 501. The van der Waals surface area contributed by atoms with E-state index in [9.17, 15) is 9.90 Å². The van der Waals surface area contributed by atoms with Gasteiger partial charge in [-0.25, -0.2) is 4.79 Å². The van der Waals surface area contributed by atoms with Gasteiger partial charge in [-0.1, -0.05) is 20.3 Å². The number of ether oxygens (including phenoxy) is 1. The maximum atomic E-state index is 12.0. The number of urea groups is 1. The first-order valence-corrected chi connectivity index (χ1v) is 7.80. The minimum absolute atomic E-state index is 0.111. The number of carbonyl (C=O) groups excluding carboxylic acids is 1. The van der Waals surface area contributed by atoms with Crippen LogP contribution in [0.1, 0.15) is 39.7 Å². The lowest BCUT2D eigenvalue weighted by atomic mass is 9.89. The molecule has 124 valence electrons. The molecule has 1 aromatic rings. The maximum Gasteiger partial charge on any atom is 0.319 e. The minimum atomic E-state index is -0.917. The molecule has 2 amide bonds. The molecule has 0 saturated carbocycles. The lowest BCUT2D eigenvalue weighted by Gasteiger charge is -2.29. The molecule has 2 atom stereocenters. The molecule has 0 bridgehead atoms. The molecule has 5 nitrogen and oxygen atoms in total. The highest BCUT2D eigenvalue weighted by Crippen LogP contribution is 2.22. The molecule has 2 unspecified atom stereocenters. The Morgan fingerprint density at radius 2 is 2.09 bits per heavy atom. The van der Waals surface area contributed by atoms with Crippen LogP contribution in [0.5, 0.6) is 5.75 Å². The first kappa shape index (κ1) is 18.3. The van der Waals surface area contributed by atoms with Crippen LogP contribution in [0.15, 0.2) is 18.2 Å². The van der Waals surface area contributed by atoms with Gasteiger partial charge in [0.2, 0.25) is 0 Å². The van der Waals surface area contributed by atoms with E-state index in [4.69, 9.17) is 4.74 Å². The van der Waals surface area contributed by atoms with Crippen molar-refractivity contribution < 1.29 is 14.6 Å². The van der Waals surface area contributed by atoms with E-state index >= 15 is 0 Å². The third-order valence-corrected chi connectivity index (χ3v) is 4.04. The van der Waals surface area contributed by atoms with E-state index in [2.05, 4.69) is 10.6 Å². The fourth-order valence-corrected chi connectivity index (χ4v) is 2.07. The Morgan fingerprint density at radius 3 is 2.64 bits per heavy atom. The number of amides is 2. The number of aliphatic hydroxyl groups is 1. The van der Waals surface area contributed by atoms with E-state index in [1.807, 2.05) is 45.9 Å². The molecule has 1 aromatic carbocycles. The molecule has 0 aliphatic carbocycles. The second-order valence-electron chi connectivity index (χ2n) is 5.88. The molecule has 3 N–H and O–H groups in total. The summed E-state index contributed by atoms with van der Waals surface area (Å²) in [5.74, 6) is 0.894. The third-order valence-electron chi connectivity index (χ3n) is 4.04. The molecule has 5 heteroatoms. The van der Waals surface area contributed by atoms with Gasteiger partial charge in [-0.15, -0.1) is 0 Å². The Labute approximate surface area is 133 Å². The van der Waals surface area contributed by atoms with Crippen molar-refractivity contribution in [2.75, 3.05) is 18.5 Å². The average Bonchev–Trinajstić information content (AvgIpc) is 2.47. The van der Waals surface area contributed by atoms with Crippen molar-refractivity contribution in [3.63, 3.8) is 0 Å². The van der Waals surface area contributed by atoms with Gasteiger partial charge < -0.3 is 20.5 Å². The molecular weight excluding hydrogens is 280 g/mol. The van der Waals surface area contributed by atoms with Gasteiger partial charge in [0.25, 0.3) is 0 Å². The van der Waals surface area contributed by atoms with Crippen LogP contribution in [-0.2, 0) is 0 Å². The minimum Gasteiger partial charge on any atom is -0.494 e. The smallest absolute Gasteiger partial charge is 0.319 e. The first-order valence-electron chi connectivity index (χ1n) is 7.80. The van der Waals surface area contributed by atoms with E-state index < -0.39 is 5.60 Å². The topological polar surface area (TPSA) is 70.6 Å². The van der Waals surface area contributed by atoms with Crippen molar-refractivity contribution >= 4 is 11.7 Å². The molecule has 0 aliphatic heterocycles. The summed E-state index contributed by atoms with van der Waals surface area (Å²) >= 11 is 0. The quantitative estimate of drug-likeness (QED) is 0.723. The summed E-state index contributed by atoms with van der Waals surface area (Å²) in [6.07, 6.45) is 0.855. The molecule has 0 heterocycles. The van der Waals surface area contributed by atoms with Crippen LogP contribution in [0.2, 0.25) is 0 Å². The number of rotatable bonds is 7. The van der Waals surface area contributed by atoms with Gasteiger partial charge in [-0.05, 0) is 50.5 Å². The standard InChI is InChI=1S/C17H28N2O3/c1-6-13(4)17(5,21)11-18-16(20)19-15-9-8-14(22-7-2)10-12(15)3/h8-10,13,21H,6-7,11H2,1-5H3,(H2,18,19,20). The number of nitrogens with one attached hydrogen (secondary N) is 2. The average molecular weight is 308 g/mol. The summed E-state index contributed by atoms with van der Waals surface area (Å²) in [5, 5.41) is 15.8. The van der Waals surface area contributed by atoms with Crippen LogP contribution in [0, 0.1) is 12.8 Å². The van der Waals surface area contributed by atoms with Crippen molar-refractivity contribution in [3.05, 3.63) is 23.8 Å². The van der Waals surface area contributed by atoms with Crippen LogP contribution >= 0.6 is 0 Å². The van der Waals surface area contributed by atoms with Gasteiger partial charge in [-0.3, -0.25) is 0 Å². The highest BCUT2D eigenvalue weighted by atomic mass is 16.5. The zero-order chi connectivity index (χ0) is 16.8. The molecule has 0 aliphatic rings. The second kappa shape index (κ2) is 8.03. The van der Waals surface area contributed by atoms with E-state index in [0.29, 0.717) is 6.61 Å². The number of hydrogen-bond donors (Lipinski definition) is 3. The maximum absolute atomic E-state index is 12.0. The highest BCUT2D eigenvalue weighted by molar-refractivity contribution is 5.90. The Balaban J connectivity index is 2.59. The summed E-state index contributed by atoms with van der Waals surface area (Å²) in [7, 11) is 0. The third kappa shape index (κ3) is 5.22. The van der Waals surface area contributed by atoms with Crippen LogP contribution < -0.4 is 15.4 Å². The number of anilines is 1. The van der Waals surface area contributed by atoms with Gasteiger partial charge >= 0.3 is 6.03 Å². The Morgan fingerprint density at radius 1 is 1.41 bits per heavy atom. The Kier molecular flexibility index (Phi) is 6.68. The molecule has 0 saturated heterocycles. The molecule has 0 spiro atoms. The molecule has 1 rings (SSSR count). The lowest BCUT2D eigenvalue weighted by molar-refractivity contribution is 0.00827. The van der Waals surface area contributed by atoms with Crippen molar-refractivity contribution in [3.8, 4) is 5.75 Å². The van der Waals surface area contributed by atoms with E-state index in [0.717, 1.165) is 23.4 Å². The largest absolute Gasteiger partial charge is 0.494 e.